The average Bonchev–Trinajstić information content (AvgIpc) is 2.96. The first-order chi connectivity index (χ1) is 13.1. The number of aryl methyl sites for hydroxylation is 2. The van der Waals surface area contributed by atoms with Gasteiger partial charge in [0.2, 0.25) is 5.28 Å². The van der Waals surface area contributed by atoms with Crippen molar-refractivity contribution in [3.63, 3.8) is 0 Å². The molecule has 2 aromatic heterocycles. The van der Waals surface area contributed by atoms with Crippen LogP contribution in [-0.2, 0) is 0 Å². The number of hydrogen-bond acceptors (Lipinski definition) is 5. The first-order valence-electron chi connectivity index (χ1n) is 9.24. The third-order valence-corrected chi connectivity index (χ3v) is 6.40. The van der Waals surface area contributed by atoms with E-state index in [1.165, 1.54) is 21.4 Å². The largest absolute Gasteiger partial charge is 0.353 e. The number of rotatable bonds is 4. The van der Waals surface area contributed by atoms with Gasteiger partial charge in [0.15, 0.2) is 0 Å². The smallest absolute Gasteiger partial charge is 0.225 e. The van der Waals surface area contributed by atoms with Gasteiger partial charge in [-0.2, -0.15) is 4.98 Å². The molecule has 6 heteroatoms. The molecule has 0 atom stereocenters. The Morgan fingerprint density at radius 1 is 1.07 bits per heavy atom. The van der Waals surface area contributed by atoms with E-state index in [-0.39, 0.29) is 0 Å². The molecule has 0 N–H and O–H groups in total. The average molecular weight is 399 g/mol. The summed E-state index contributed by atoms with van der Waals surface area (Å²) in [6, 6.07) is 10.4. The number of nitrogens with zero attached hydrogens (tertiary/aromatic N) is 4. The van der Waals surface area contributed by atoms with E-state index in [0.29, 0.717) is 5.28 Å². The van der Waals surface area contributed by atoms with Crippen molar-refractivity contribution in [3.05, 3.63) is 57.7 Å². The first-order valence-corrected chi connectivity index (χ1v) is 10.4. The summed E-state index contributed by atoms with van der Waals surface area (Å²) >= 11 is 7.90. The summed E-state index contributed by atoms with van der Waals surface area (Å²) in [5.41, 5.74) is 2.52. The van der Waals surface area contributed by atoms with E-state index in [4.69, 9.17) is 11.6 Å². The van der Waals surface area contributed by atoms with Crippen molar-refractivity contribution in [1.82, 2.24) is 14.9 Å². The quantitative estimate of drug-likeness (QED) is 0.591. The van der Waals surface area contributed by atoms with Gasteiger partial charge < -0.3 is 4.90 Å². The number of fused-ring (bicyclic) bond motifs is 1. The van der Waals surface area contributed by atoms with Gasteiger partial charge in [-0.3, -0.25) is 4.90 Å². The van der Waals surface area contributed by atoms with Gasteiger partial charge in [0, 0.05) is 37.6 Å². The molecule has 0 saturated carbocycles. The molecule has 140 valence electrons. The number of thiophene rings is 1. The predicted molar refractivity (Wildman–Crippen MR) is 116 cm³/mol. The molecule has 1 fully saturated rings. The standard InChI is InChI=1S/C21H23ClN4S/c1-15-16(2)27-20-18(15)19(23-21(22)24-20)26-13-11-25(12-14-26)10-6-9-17-7-4-3-5-8-17/h3-9H,10-14H2,1-2H3/b9-6+. The van der Waals surface area contributed by atoms with E-state index in [2.05, 4.69) is 70.0 Å². The molecule has 1 aliphatic rings. The van der Waals surface area contributed by atoms with Crippen molar-refractivity contribution in [2.45, 2.75) is 13.8 Å². The highest BCUT2D eigenvalue weighted by Crippen LogP contribution is 2.36. The fourth-order valence-corrected chi connectivity index (χ4v) is 4.71. The summed E-state index contributed by atoms with van der Waals surface area (Å²) in [7, 11) is 0. The predicted octanol–water partition coefficient (Wildman–Crippen LogP) is 4.80. The maximum absolute atomic E-state index is 6.20. The molecular formula is C21H23ClN4S. The van der Waals surface area contributed by atoms with E-state index >= 15 is 0 Å². The van der Waals surface area contributed by atoms with Gasteiger partial charge in [-0.05, 0) is 36.6 Å². The zero-order chi connectivity index (χ0) is 18.8. The molecule has 0 bridgehead atoms. The molecule has 3 heterocycles. The van der Waals surface area contributed by atoms with Gasteiger partial charge in [0.1, 0.15) is 10.6 Å². The SMILES string of the molecule is Cc1sc2nc(Cl)nc(N3CCN(C/C=C/c4ccccc4)CC3)c2c1C. The summed E-state index contributed by atoms with van der Waals surface area (Å²) in [5, 5.41) is 1.51. The van der Waals surface area contributed by atoms with Crippen molar-refractivity contribution < 1.29 is 0 Å². The van der Waals surface area contributed by atoms with Crippen LogP contribution in [-0.4, -0.2) is 47.6 Å². The molecule has 0 radical (unpaired) electrons. The Hall–Kier alpha value is -1.95. The van der Waals surface area contributed by atoms with Crippen LogP contribution in [0.25, 0.3) is 16.3 Å². The summed E-state index contributed by atoms with van der Waals surface area (Å²) in [6.07, 6.45) is 4.44. The van der Waals surface area contributed by atoms with Crippen molar-refractivity contribution in [1.29, 1.82) is 0 Å². The van der Waals surface area contributed by atoms with Crippen LogP contribution in [0.4, 0.5) is 5.82 Å². The van der Waals surface area contributed by atoms with Gasteiger partial charge in [-0.25, -0.2) is 4.98 Å². The zero-order valence-corrected chi connectivity index (χ0v) is 17.2. The molecule has 27 heavy (non-hydrogen) atoms. The molecular weight excluding hydrogens is 376 g/mol. The third-order valence-electron chi connectivity index (χ3n) is 5.13. The molecule has 1 saturated heterocycles. The van der Waals surface area contributed by atoms with Crippen molar-refractivity contribution in [2.24, 2.45) is 0 Å². The summed E-state index contributed by atoms with van der Waals surface area (Å²) < 4.78 is 0. The van der Waals surface area contributed by atoms with Gasteiger partial charge in [0.25, 0.3) is 0 Å². The van der Waals surface area contributed by atoms with Crippen LogP contribution in [0.1, 0.15) is 16.0 Å². The Morgan fingerprint density at radius 3 is 2.56 bits per heavy atom. The Labute approximate surface area is 169 Å². The Bertz CT molecular complexity index is 959. The summed E-state index contributed by atoms with van der Waals surface area (Å²) in [5.74, 6) is 0.992. The Kier molecular flexibility index (Phi) is 5.43. The maximum Gasteiger partial charge on any atom is 0.225 e. The minimum absolute atomic E-state index is 0.340. The lowest BCUT2D eigenvalue weighted by Gasteiger charge is -2.35. The van der Waals surface area contributed by atoms with Crippen molar-refractivity contribution >= 4 is 45.0 Å². The zero-order valence-electron chi connectivity index (χ0n) is 15.7. The molecule has 3 aromatic rings. The van der Waals surface area contributed by atoms with E-state index in [1.807, 2.05) is 6.07 Å². The van der Waals surface area contributed by atoms with Gasteiger partial charge in [-0.15, -0.1) is 11.3 Å². The van der Waals surface area contributed by atoms with Gasteiger partial charge in [-0.1, -0.05) is 42.5 Å². The monoisotopic (exact) mass is 398 g/mol. The lowest BCUT2D eigenvalue weighted by Crippen LogP contribution is -2.46. The highest BCUT2D eigenvalue weighted by atomic mass is 35.5. The second-order valence-corrected chi connectivity index (χ2v) is 8.42. The van der Waals surface area contributed by atoms with Crippen molar-refractivity contribution in [2.75, 3.05) is 37.6 Å². The van der Waals surface area contributed by atoms with Gasteiger partial charge in [0.05, 0.1) is 5.39 Å². The van der Waals surface area contributed by atoms with Crippen LogP contribution in [0.2, 0.25) is 5.28 Å². The molecule has 0 unspecified atom stereocenters. The van der Waals surface area contributed by atoms with Crippen LogP contribution in [0.5, 0.6) is 0 Å². The molecule has 1 aromatic carbocycles. The molecule has 0 aliphatic carbocycles. The second kappa shape index (κ2) is 7.97. The van der Waals surface area contributed by atoms with E-state index in [0.717, 1.165) is 43.4 Å². The summed E-state index contributed by atoms with van der Waals surface area (Å²) in [6.45, 7) is 9.20. The second-order valence-electron chi connectivity index (χ2n) is 6.88. The normalized spacial score (nSPS) is 15.9. The summed E-state index contributed by atoms with van der Waals surface area (Å²) in [4.78, 5) is 16.1. The molecule has 0 amide bonds. The minimum atomic E-state index is 0.340. The van der Waals surface area contributed by atoms with Crippen LogP contribution >= 0.6 is 22.9 Å². The Balaban J connectivity index is 1.44. The maximum atomic E-state index is 6.20. The van der Waals surface area contributed by atoms with E-state index in [1.54, 1.807) is 11.3 Å². The third kappa shape index (κ3) is 4.00. The van der Waals surface area contributed by atoms with E-state index < -0.39 is 0 Å². The first kappa shape index (κ1) is 18.4. The van der Waals surface area contributed by atoms with Crippen LogP contribution in [0, 0.1) is 13.8 Å². The number of benzene rings is 1. The topological polar surface area (TPSA) is 32.3 Å². The van der Waals surface area contributed by atoms with Gasteiger partial charge >= 0.3 is 0 Å². The molecule has 4 rings (SSSR count). The number of aromatic nitrogens is 2. The highest BCUT2D eigenvalue weighted by Gasteiger charge is 2.22. The minimum Gasteiger partial charge on any atom is -0.353 e. The number of anilines is 1. The molecule has 1 aliphatic heterocycles. The van der Waals surface area contributed by atoms with E-state index in [9.17, 15) is 0 Å². The number of halogens is 1. The van der Waals surface area contributed by atoms with Crippen LogP contribution in [0.3, 0.4) is 0 Å². The molecule has 0 spiro atoms. The fourth-order valence-electron chi connectivity index (χ4n) is 3.48. The Morgan fingerprint density at radius 2 is 1.81 bits per heavy atom. The van der Waals surface area contributed by atoms with Crippen LogP contribution < -0.4 is 4.90 Å². The lowest BCUT2D eigenvalue weighted by molar-refractivity contribution is 0.284. The number of hydrogen-bond donors (Lipinski definition) is 0. The number of piperazine rings is 1. The molecule has 4 nitrogen and oxygen atoms in total. The van der Waals surface area contributed by atoms with Crippen LogP contribution in [0.15, 0.2) is 36.4 Å². The highest BCUT2D eigenvalue weighted by molar-refractivity contribution is 7.18. The lowest BCUT2D eigenvalue weighted by atomic mass is 10.2. The van der Waals surface area contributed by atoms with Crippen molar-refractivity contribution in [3.8, 4) is 0 Å². The fraction of sp³-hybridized carbons (Fsp3) is 0.333.